The van der Waals surface area contributed by atoms with E-state index in [0.717, 1.165) is 64.9 Å². The molecule has 0 spiro atoms. The first kappa shape index (κ1) is 31.4. The van der Waals surface area contributed by atoms with Crippen LogP contribution >= 0.6 is 0 Å². The van der Waals surface area contributed by atoms with Gasteiger partial charge in [-0.3, -0.25) is 14.6 Å². The summed E-state index contributed by atoms with van der Waals surface area (Å²) in [5.74, 6) is 6.00. The van der Waals surface area contributed by atoms with Crippen LogP contribution in [0.2, 0.25) is 0 Å². The van der Waals surface area contributed by atoms with Crippen molar-refractivity contribution in [1.29, 1.82) is 0 Å². The van der Waals surface area contributed by atoms with Gasteiger partial charge in [-0.15, -0.1) is 0 Å². The van der Waals surface area contributed by atoms with Gasteiger partial charge in [0.25, 0.3) is 5.91 Å². The molecule has 6 rings (SSSR count). The molecule has 0 aliphatic carbocycles. The van der Waals surface area contributed by atoms with Crippen molar-refractivity contribution in [2.75, 3.05) is 57.9 Å². The second-order valence-electron chi connectivity index (χ2n) is 12.3. The Morgan fingerprint density at radius 3 is 2.39 bits per heavy atom. The zero-order valence-electron chi connectivity index (χ0n) is 26.8. The number of benzene rings is 2. The molecular formula is C35H43N7O4. The molecule has 11 nitrogen and oxygen atoms in total. The number of esters is 1. The van der Waals surface area contributed by atoms with Crippen LogP contribution in [-0.2, 0) is 19.1 Å². The number of carbonyl (C=O) groups is 2. The second kappa shape index (κ2) is 13.4. The number of piperazine rings is 1. The van der Waals surface area contributed by atoms with Crippen molar-refractivity contribution in [2.24, 2.45) is 17.5 Å². The van der Waals surface area contributed by atoms with Crippen LogP contribution < -0.4 is 16.5 Å². The van der Waals surface area contributed by atoms with Gasteiger partial charge < -0.3 is 34.6 Å². The Balaban J connectivity index is 1.45. The maximum absolute atomic E-state index is 12.5. The molecule has 4 aromatic rings. The van der Waals surface area contributed by atoms with Gasteiger partial charge in [-0.1, -0.05) is 30.3 Å². The fraction of sp³-hybridized carbons (Fsp3) is 0.400. The van der Waals surface area contributed by atoms with Gasteiger partial charge in [0.05, 0.1) is 28.3 Å². The third kappa shape index (κ3) is 6.25. The molecule has 4 heterocycles. The number of allylic oxidation sites excluding steroid dienone is 1. The van der Waals surface area contributed by atoms with E-state index in [-0.39, 0.29) is 18.6 Å². The zero-order valence-corrected chi connectivity index (χ0v) is 26.8. The van der Waals surface area contributed by atoms with E-state index in [9.17, 15) is 9.59 Å². The van der Waals surface area contributed by atoms with Crippen molar-refractivity contribution >= 4 is 45.2 Å². The van der Waals surface area contributed by atoms with Crippen molar-refractivity contribution < 1.29 is 19.1 Å². The van der Waals surface area contributed by atoms with Crippen molar-refractivity contribution in [1.82, 2.24) is 19.5 Å². The van der Waals surface area contributed by atoms with Gasteiger partial charge in [0, 0.05) is 81.9 Å². The average molecular weight is 626 g/mol. The van der Waals surface area contributed by atoms with Crippen molar-refractivity contribution in [3.63, 3.8) is 0 Å². The highest BCUT2D eigenvalue weighted by Crippen LogP contribution is 2.41. The standard InChI is InChI=1S/C35H43N7O4/c1-23(36)34(39(3)37)27-19-31-33(38-21-27)29-20-28(40-13-15-41(16-14-40)32(44)22-46-24(2)43)9-10-30(29)42(31)35(25-7-5-4-6-8-25)26-11-17-45-18-12-26/h4-10,19-21,26,35H,11-18,22,36-37H2,1-3H3/b34-23-/t35-/m1/s1. The Bertz CT molecular complexity index is 1750. The highest BCUT2D eigenvalue weighted by Gasteiger charge is 2.31. The summed E-state index contributed by atoms with van der Waals surface area (Å²) in [4.78, 5) is 32.8. The summed E-state index contributed by atoms with van der Waals surface area (Å²) in [6, 6.07) is 19.5. The predicted octanol–water partition coefficient (Wildman–Crippen LogP) is 3.87. The molecule has 2 fully saturated rings. The average Bonchev–Trinajstić information content (AvgIpc) is 3.37. The quantitative estimate of drug-likeness (QED) is 0.170. The lowest BCUT2D eigenvalue weighted by molar-refractivity contribution is -0.150. The maximum Gasteiger partial charge on any atom is 0.303 e. The van der Waals surface area contributed by atoms with Crippen molar-refractivity contribution in [3.05, 3.63) is 77.6 Å². The fourth-order valence-corrected chi connectivity index (χ4v) is 7.02. The molecule has 2 aromatic carbocycles. The molecule has 2 aliphatic heterocycles. The lowest BCUT2D eigenvalue weighted by Crippen LogP contribution is -2.49. The number of rotatable bonds is 8. The monoisotopic (exact) mass is 625 g/mol. The molecule has 1 amide bonds. The maximum atomic E-state index is 12.5. The minimum absolute atomic E-state index is 0.0711. The molecular weight excluding hydrogens is 582 g/mol. The van der Waals surface area contributed by atoms with Crippen LogP contribution in [0, 0.1) is 5.92 Å². The van der Waals surface area contributed by atoms with Crippen LogP contribution in [0.1, 0.15) is 43.9 Å². The lowest BCUT2D eigenvalue weighted by atomic mass is 9.86. The number of carbonyl (C=O) groups excluding carboxylic acids is 2. The zero-order chi connectivity index (χ0) is 32.4. The number of hydrazine groups is 1. The molecule has 2 aliphatic rings. The van der Waals surface area contributed by atoms with E-state index in [0.29, 0.717) is 37.8 Å². The summed E-state index contributed by atoms with van der Waals surface area (Å²) < 4.78 is 13.2. The van der Waals surface area contributed by atoms with Gasteiger partial charge in [-0.05, 0) is 55.5 Å². The van der Waals surface area contributed by atoms with E-state index in [1.807, 2.05) is 13.1 Å². The number of anilines is 1. The Hall–Kier alpha value is -4.61. The number of hydrogen-bond donors (Lipinski definition) is 2. The van der Waals surface area contributed by atoms with Gasteiger partial charge in [-0.25, -0.2) is 5.84 Å². The summed E-state index contributed by atoms with van der Waals surface area (Å²) in [5, 5.41) is 2.61. The number of fused-ring (bicyclic) bond motifs is 3. The van der Waals surface area contributed by atoms with E-state index >= 15 is 0 Å². The largest absolute Gasteiger partial charge is 0.456 e. The van der Waals surface area contributed by atoms with Crippen molar-refractivity contribution in [2.45, 2.75) is 32.7 Å². The molecule has 46 heavy (non-hydrogen) atoms. The highest BCUT2D eigenvalue weighted by atomic mass is 16.5. The van der Waals surface area contributed by atoms with Crippen LogP contribution in [-0.4, -0.2) is 84.4 Å². The van der Waals surface area contributed by atoms with E-state index < -0.39 is 5.97 Å². The van der Waals surface area contributed by atoms with Crippen LogP contribution in [0.25, 0.3) is 27.6 Å². The molecule has 1 atom stereocenters. The van der Waals surface area contributed by atoms with E-state index in [1.165, 1.54) is 12.5 Å². The van der Waals surface area contributed by atoms with Gasteiger partial charge in [0.2, 0.25) is 0 Å². The van der Waals surface area contributed by atoms with Crippen LogP contribution in [0.4, 0.5) is 5.69 Å². The second-order valence-corrected chi connectivity index (χ2v) is 12.3. The first-order valence-electron chi connectivity index (χ1n) is 15.9. The molecule has 0 bridgehead atoms. The van der Waals surface area contributed by atoms with Gasteiger partial charge in [0.15, 0.2) is 6.61 Å². The predicted molar refractivity (Wildman–Crippen MR) is 180 cm³/mol. The van der Waals surface area contributed by atoms with Gasteiger partial charge in [-0.2, -0.15) is 0 Å². The number of nitrogens with zero attached hydrogens (tertiary/aromatic N) is 5. The molecule has 242 valence electrons. The van der Waals surface area contributed by atoms with E-state index in [2.05, 4.69) is 64.1 Å². The van der Waals surface area contributed by atoms with E-state index in [1.54, 1.807) is 17.0 Å². The van der Waals surface area contributed by atoms with E-state index in [4.69, 9.17) is 26.0 Å². The minimum atomic E-state index is -0.452. The van der Waals surface area contributed by atoms with Crippen LogP contribution in [0.3, 0.4) is 0 Å². The summed E-state index contributed by atoms with van der Waals surface area (Å²) >= 11 is 0. The Labute approximate surface area is 269 Å². The third-order valence-electron chi connectivity index (χ3n) is 9.15. The highest BCUT2D eigenvalue weighted by molar-refractivity contribution is 6.07. The molecule has 2 aromatic heterocycles. The minimum Gasteiger partial charge on any atom is -0.456 e. The third-order valence-corrected chi connectivity index (χ3v) is 9.15. The van der Waals surface area contributed by atoms with Crippen LogP contribution in [0.15, 0.2) is 66.5 Å². The summed E-state index contributed by atoms with van der Waals surface area (Å²) in [5.41, 5.74) is 13.9. The Morgan fingerprint density at radius 2 is 1.74 bits per heavy atom. The topological polar surface area (TPSA) is 132 Å². The first-order chi connectivity index (χ1) is 22.2. The van der Waals surface area contributed by atoms with Crippen LogP contribution in [0.5, 0.6) is 0 Å². The number of nitrogens with two attached hydrogens (primary N) is 2. The normalized spacial score (nSPS) is 17.2. The number of hydrogen-bond acceptors (Lipinski definition) is 9. The van der Waals surface area contributed by atoms with Gasteiger partial charge >= 0.3 is 5.97 Å². The Kier molecular flexibility index (Phi) is 9.14. The number of aromatic nitrogens is 2. The fourth-order valence-electron chi connectivity index (χ4n) is 7.02. The molecule has 0 unspecified atom stereocenters. The summed E-state index contributed by atoms with van der Waals surface area (Å²) in [6.07, 6.45) is 3.78. The SMILES string of the molecule is CC(=O)OCC(=O)N1CCN(c2ccc3c(c2)c2ncc(/C(=C(\C)N)N(C)N)cc2n3[C@H](c2ccccc2)C2CCOCC2)CC1. The molecule has 0 radical (unpaired) electrons. The molecule has 4 N–H and O–H groups in total. The lowest BCUT2D eigenvalue weighted by Gasteiger charge is -2.36. The number of ether oxygens (including phenoxy) is 2. The molecule has 0 saturated carbocycles. The number of amides is 1. The Morgan fingerprint density at radius 1 is 1.02 bits per heavy atom. The summed E-state index contributed by atoms with van der Waals surface area (Å²) in [7, 11) is 1.79. The molecule has 11 heteroatoms. The summed E-state index contributed by atoms with van der Waals surface area (Å²) in [6.45, 7) is 6.89. The van der Waals surface area contributed by atoms with Gasteiger partial charge in [0.1, 0.15) is 0 Å². The van der Waals surface area contributed by atoms with Crippen molar-refractivity contribution in [3.8, 4) is 0 Å². The smallest absolute Gasteiger partial charge is 0.303 e. The number of pyridine rings is 1. The molecule has 2 saturated heterocycles. The first-order valence-corrected chi connectivity index (χ1v) is 15.9.